The van der Waals surface area contributed by atoms with Crippen LogP contribution in [0, 0.1) is 0 Å². The van der Waals surface area contributed by atoms with Crippen LogP contribution in [0.25, 0.3) is 27.2 Å². The number of hydrogen-bond acceptors (Lipinski definition) is 23. The van der Waals surface area contributed by atoms with E-state index >= 15 is 0 Å². The smallest absolute Gasteiger partial charge is 0.358 e. The summed E-state index contributed by atoms with van der Waals surface area (Å²) in [6.07, 6.45) is 0. The van der Waals surface area contributed by atoms with E-state index in [9.17, 15) is 69.2 Å². The van der Waals surface area contributed by atoms with Crippen LogP contribution < -0.4 is 9.47 Å². The van der Waals surface area contributed by atoms with Crippen LogP contribution in [0.3, 0.4) is 0 Å². The van der Waals surface area contributed by atoms with Gasteiger partial charge in [0.2, 0.25) is 11.6 Å². The van der Waals surface area contributed by atoms with Gasteiger partial charge >= 0.3 is 5.97 Å². The van der Waals surface area contributed by atoms with Gasteiger partial charge in [0.15, 0.2) is 11.4 Å². The number of nitrogens with zero attached hydrogens (tertiary/aromatic N) is 8. The molecule has 31 heteroatoms. The van der Waals surface area contributed by atoms with Crippen LogP contribution in [0.5, 0.6) is 23.1 Å². The zero-order valence-electron chi connectivity index (χ0n) is 35.3. The Morgan fingerprint density at radius 3 is 1.83 bits per heavy atom. The van der Waals surface area contributed by atoms with Crippen molar-refractivity contribution in [3.8, 4) is 28.8 Å². The van der Waals surface area contributed by atoms with E-state index in [1.807, 2.05) is 0 Å². The number of azo groups is 3. The summed E-state index contributed by atoms with van der Waals surface area (Å²) in [5.41, 5.74) is -3.36. The lowest BCUT2D eigenvalue weighted by Gasteiger charge is -2.13. The molecule has 1 heterocycles. The normalized spacial score (nSPS) is 12.5. The fourth-order valence-electron chi connectivity index (χ4n) is 6.58. The first-order valence-corrected chi connectivity index (χ1v) is 24.5. The molecule has 0 unspecified atom stereocenters. The van der Waals surface area contributed by atoms with Crippen molar-refractivity contribution in [2.24, 2.45) is 30.7 Å². The molecule has 7 aromatic rings. The van der Waals surface area contributed by atoms with Crippen LogP contribution in [-0.4, -0.2) is 112 Å². The Balaban J connectivity index is 1.29. The first-order chi connectivity index (χ1) is 33.6. The zero-order valence-corrected chi connectivity index (χ0v) is 38.6. The molecule has 370 valence electrons. The third kappa shape index (κ3) is 11.2. The number of hydrogen-bond donors (Lipinski definition) is 9. The molecule has 0 aliphatic rings. The minimum absolute atomic E-state index is 0.0265. The second-order valence-corrected chi connectivity index (χ2v) is 19.0. The van der Waals surface area contributed by atoms with Crippen LogP contribution in [0.4, 0.5) is 34.1 Å². The van der Waals surface area contributed by atoms with E-state index in [-0.39, 0.29) is 79.6 Å². The van der Waals surface area contributed by atoms with E-state index in [1.54, 1.807) is 0 Å². The first kappa shape index (κ1) is 51.3. The van der Waals surface area contributed by atoms with Crippen molar-refractivity contribution >= 4 is 104 Å². The molecule has 7 rings (SSSR count). The third-order valence-electron chi connectivity index (χ3n) is 9.59. The fraction of sp³-hybridized carbons (Fsp3) is 0.100. The molecule has 0 spiro atoms. The summed E-state index contributed by atoms with van der Waals surface area (Å²) in [5, 5.41) is 87.9. The lowest BCUT2D eigenvalue weighted by Crippen LogP contribution is -2.04. The molecule has 71 heavy (non-hydrogen) atoms. The number of benzene rings is 6. The Morgan fingerprint density at radius 1 is 0.648 bits per heavy atom. The van der Waals surface area contributed by atoms with E-state index in [0.717, 1.165) is 48.5 Å². The predicted octanol–water partition coefficient (Wildman–Crippen LogP) is 7.51. The zero-order chi connectivity index (χ0) is 51.4. The highest BCUT2D eigenvalue weighted by atomic mass is 32.2. The highest BCUT2D eigenvalue weighted by Gasteiger charge is 2.27. The maximum absolute atomic E-state index is 12.8. The van der Waals surface area contributed by atoms with Crippen LogP contribution in [-0.2, 0) is 34.7 Å². The molecule has 27 nitrogen and oxygen atoms in total. The second kappa shape index (κ2) is 20.8. The summed E-state index contributed by atoms with van der Waals surface area (Å²) in [5.74, 6) is -3.92. The number of rotatable bonds is 19. The largest absolute Gasteiger partial charge is 0.505 e. The number of phenols is 1. The second-order valence-electron chi connectivity index (χ2n) is 14.1. The number of carboxylic acid groups (broad SMARTS) is 1. The summed E-state index contributed by atoms with van der Waals surface area (Å²) in [6, 6.07) is 17.8. The van der Waals surface area contributed by atoms with Gasteiger partial charge in [0.25, 0.3) is 30.4 Å². The number of aromatic hydroxyl groups is 2. The Kier molecular flexibility index (Phi) is 15.0. The van der Waals surface area contributed by atoms with E-state index in [1.165, 1.54) is 42.5 Å². The lowest BCUT2D eigenvalue weighted by atomic mass is 10.1. The lowest BCUT2D eigenvalue weighted by molar-refractivity contribution is -0.116. The number of aliphatic hydroxyl groups excluding tert-OH is 2. The van der Waals surface area contributed by atoms with Crippen molar-refractivity contribution in [1.29, 1.82) is 0 Å². The molecule has 0 fully saturated rings. The fourth-order valence-corrected chi connectivity index (χ4v) is 9.02. The van der Waals surface area contributed by atoms with Crippen molar-refractivity contribution < 1.29 is 88.3 Å². The van der Waals surface area contributed by atoms with E-state index in [0.29, 0.717) is 16.7 Å². The molecule has 0 radical (unpaired) electrons. The molecule has 0 atom stereocenters. The van der Waals surface area contributed by atoms with Gasteiger partial charge in [-0.1, -0.05) is 18.2 Å². The van der Waals surface area contributed by atoms with Crippen molar-refractivity contribution in [3.63, 3.8) is 0 Å². The summed E-state index contributed by atoms with van der Waals surface area (Å²) in [4.78, 5) is 10.2. The Labute approximate surface area is 402 Å². The van der Waals surface area contributed by atoms with Gasteiger partial charge in [-0.3, -0.25) is 13.7 Å². The molecule has 6 aromatic carbocycles. The van der Waals surface area contributed by atoms with Crippen LogP contribution in [0.15, 0.2) is 141 Å². The van der Waals surface area contributed by atoms with Gasteiger partial charge < -0.3 is 35.0 Å². The highest BCUT2D eigenvalue weighted by molar-refractivity contribution is 7.94. The number of carbonyl (C=O) groups is 1. The van der Waals surface area contributed by atoms with Gasteiger partial charge in [-0.05, 0) is 71.4 Å². The Morgan fingerprint density at radius 2 is 1.25 bits per heavy atom. The number of fused-ring (bicyclic) bond motifs is 2. The van der Waals surface area contributed by atoms with Crippen molar-refractivity contribution in [2.75, 3.05) is 26.4 Å². The Bertz CT molecular complexity index is 3680. The number of carboxylic acids is 1. The number of ether oxygens (including phenoxy) is 2. The average molecular weight is 1060 g/mol. The summed E-state index contributed by atoms with van der Waals surface area (Å²) < 4.78 is 120. The van der Waals surface area contributed by atoms with Crippen molar-refractivity contribution in [2.45, 2.75) is 19.6 Å². The summed E-state index contributed by atoms with van der Waals surface area (Å²) >= 11 is 0.506. The van der Waals surface area contributed by atoms with Gasteiger partial charge in [0, 0.05) is 27.8 Å². The van der Waals surface area contributed by atoms with Crippen LogP contribution in [0.1, 0.15) is 10.5 Å². The van der Waals surface area contributed by atoms with Gasteiger partial charge in [0.1, 0.15) is 57.3 Å². The maximum Gasteiger partial charge on any atom is 0.358 e. The molecule has 1 aromatic heterocycles. The molecule has 0 aliphatic carbocycles. The number of phenolic OH excluding ortho intramolecular Hbond substituents is 1. The number of aromatic carboxylic acids is 1. The summed E-state index contributed by atoms with van der Waals surface area (Å²) in [7, 11) is -14.8. The average Bonchev–Trinajstić information content (AvgIpc) is 3.65. The van der Waals surface area contributed by atoms with Crippen molar-refractivity contribution in [1.82, 2.24) is 9.78 Å². The minimum Gasteiger partial charge on any atom is -0.505 e. The molecule has 0 amide bonds. The Hall–Kier alpha value is -7.56. The van der Waals surface area contributed by atoms with Gasteiger partial charge in [-0.2, -0.15) is 44.5 Å². The van der Waals surface area contributed by atoms with Gasteiger partial charge in [0.05, 0.1) is 41.5 Å². The van der Waals surface area contributed by atoms with Crippen molar-refractivity contribution in [3.05, 3.63) is 96.7 Å². The minimum atomic E-state index is -5.28. The van der Waals surface area contributed by atoms with Gasteiger partial charge in [-0.25, -0.2) is 10.1 Å². The van der Waals surface area contributed by atoms with E-state index in [4.69, 9.17) is 14.7 Å². The predicted molar refractivity (Wildman–Crippen MR) is 245 cm³/mol. The SMILES string of the molecule is O=C(O)c1nn(-c2ccc3c(O)c(N=Nc4cc(OCCO)c(N=Nc5ccc6c(SOO)cccc6c5S(=O)(=O)O)cc4OCCO)c(S(=O)(=O)O)cc3c2)c(O)c1N=Nc1ccc(S(=O)(=O)O)cc1. The number of aliphatic hydroxyl groups is 2. The quantitative estimate of drug-likeness (QED) is 0.0124. The first-order valence-electron chi connectivity index (χ1n) is 19.5. The number of aromatic nitrogens is 2. The molecular formula is C40H32N8O19S4. The standard InChI is InChI=1S/C40H32N8O19S4/c49-12-14-65-30-19-29(31(66-15-13-50)18-28(30)43-42-27-11-10-25-26(38(27)71(62,63)64)2-1-3-32(25)68-67-55)44-45-34-33(70(59,60)61)17-20-16-22(6-9-24(20)37(34)51)48-39(52)35(36(47-48)40(53)54)46-41-21-4-7-23(8-5-21)69(56,57)58/h1-11,16-19,49-52,55H,12-15H2,(H,53,54)(H,56,57,58)(H,59,60,61)(H,62,63,64). The van der Waals surface area contributed by atoms with E-state index in [2.05, 4.69) is 40.1 Å². The highest BCUT2D eigenvalue weighted by Crippen LogP contribution is 2.46. The molecule has 9 N–H and O–H groups in total. The van der Waals surface area contributed by atoms with Gasteiger partial charge in [-0.15, -0.1) is 25.6 Å². The molecule has 0 aliphatic heterocycles. The third-order valence-corrected chi connectivity index (χ3v) is 12.9. The molecular weight excluding hydrogens is 1020 g/mol. The molecule has 0 saturated heterocycles. The maximum atomic E-state index is 12.8. The molecule has 0 saturated carbocycles. The van der Waals surface area contributed by atoms with Crippen LogP contribution in [0.2, 0.25) is 0 Å². The summed E-state index contributed by atoms with van der Waals surface area (Å²) in [6.45, 7) is -1.85. The van der Waals surface area contributed by atoms with Crippen LogP contribution >= 0.6 is 12.0 Å². The van der Waals surface area contributed by atoms with E-state index < -0.39 is 92.9 Å². The molecule has 0 bridgehead atoms. The monoisotopic (exact) mass is 1060 g/mol. The topological polar surface area (TPSA) is 421 Å².